The summed E-state index contributed by atoms with van der Waals surface area (Å²) in [7, 11) is 0. The van der Waals surface area contributed by atoms with Gasteiger partial charge in [-0.1, -0.05) is 121 Å². The van der Waals surface area contributed by atoms with Crippen LogP contribution in [0.15, 0.2) is 218 Å². The number of imidazole rings is 4. The lowest BCUT2D eigenvalue weighted by molar-refractivity contribution is 1.11. The third-order valence-corrected chi connectivity index (χ3v) is 19.2. The molecule has 18 aromatic rings. The van der Waals surface area contributed by atoms with Gasteiger partial charge in [0.15, 0.2) is 0 Å². The molecule has 0 N–H and O–H groups in total. The molecular formula is C68H36B2N8. The van der Waals surface area contributed by atoms with Gasteiger partial charge in [-0.2, -0.15) is 0 Å². The van der Waals surface area contributed by atoms with Crippen molar-refractivity contribution in [1.29, 1.82) is 0 Å². The third-order valence-electron chi connectivity index (χ3n) is 19.2. The van der Waals surface area contributed by atoms with Crippen LogP contribution in [0.3, 0.4) is 0 Å². The van der Waals surface area contributed by atoms with E-state index in [0.717, 1.165) is 0 Å². The number of fused-ring (bicyclic) bond motifs is 32. The van der Waals surface area contributed by atoms with E-state index in [0.29, 0.717) is 0 Å². The maximum absolute atomic E-state index is 2.62. The fourth-order valence-corrected chi connectivity index (χ4v) is 16.6. The lowest BCUT2D eigenvalue weighted by atomic mass is 9.34. The molecule has 8 nitrogen and oxygen atoms in total. The molecule has 0 radical (unpaired) electrons. The van der Waals surface area contributed by atoms with E-state index >= 15 is 0 Å². The molecule has 10 aromatic carbocycles. The SMILES string of the molecule is c1ccc2c(c1)c1c3n(c4ccccc4n23)-c2cc(-c3cc4c5c(c3)-n3c6ccccc6n6c7ccccc7c(c36)B5c3c5ccccc5n5c6ccccc6n-4c35)cc3c2B1c1c2ccccc2n2c4ccccc4n-3c12. The Hall–Kier alpha value is -10.3. The van der Waals surface area contributed by atoms with Crippen LogP contribution < -0.4 is 32.8 Å². The van der Waals surface area contributed by atoms with Crippen molar-refractivity contribution in [1.82, 2.24) is 35.9 Å². The highest BCUT2D eigenvalue weighted by molar-refractivity contribution is 7.03. The van der Waals surface area contributed by atoms with Gasteiger partial charge in [0.25, 0.3) is 13.4 Å². The van der Waals surface area contributed by atoms with Crippen LogP contribution in [0.25, 0.3) is 144 Å². The molecule has 22 rings (SSSR count). The van der Waals surface area contributed by atoms with Crippen molar-refractivity contribution in [2.75, 3.05) is 0 Å². The zero-order valence-electron chi connectivity index (χ0n) is 41.5. The molecule has 78 heavy (non-hydrogen) atoms. The predicted octanol–water partition coefficient (Wildman–Crippen LogP) is 11.0. The van der Waals surface area contributed by atoms with Crippen LogP contribution in [0.2, 0.25) is 0 Å². The average molecular weight is 987 g/mol. The van der Waals surface area contributed by atoms with Crippen LogP contribution in [0.5, 0.6) is 0 Å². The highest BCUT2D eigenvalue weighted by Crippen LogP contribution is 2.45. The molecule has 0 fully saturated rings. The second kappa shape index (κ2) is 12.5. The molecule has 0 unspecified atom stereocenters. The van der Waals surface area contributed by atoms with E-state index in [1.54, 1.807) is 0 Å². The van der Waals surface area contributed by atoms with E-state index in [2.05, 4.69) is 254 Å². The van der Waals surface area contributed by atoms with Gasteiger partial charge in [-0.05, 0) is 163 Å². The number of para-hydroxylation sites is 12. The molecular weight excluding hydrogens is 950 g/mol. The Morgan fingerprint density at radius 1 is 0.205 bits per heavy atom. The quantitative estimate of drug-likeness (QED) is 0.147. The summed E-state index contributed by atoms with van der Waals surface area (Å²) in [5.74, 6) is 0. The minimum Gasteiger partial charge on any atom is -0.295 e. The van der Waals surface area contributed by atoms with Gasteiger partial charge in [0.2, 0.25) is 0 Å². The van der Waals surface area contributed by atoms with Crippen molar-refractivity contribution in [3.05, 3.63) is 218 Å². The predicted molar refractivity (Wildman–Crippen MR) is 322 cm³/mol. The summed E-state index contributed by atoms with van der Waals surface area (Å²) in [4.78, 5) is 0. The van der Waals surface area contributed by atoms with Crippen LogP contribution in [-0.4, -0.2) is 49.3 Å². The van der Waals surface area contributed by atoms with Gasteiger partial charge < -0.3 is 0 Å². The summed E-state index contributed by atoms with van der Waals surface area (Å²) >= 11 is 0. The Bertz CT molecular complexity index is 5260. The van der Waals surface area contributed by atoms with Crippen LogP contribution >= 0.6 is 0 Å². The normalized spacial score (nSPS) is 13.8. The fraction of sp³-hybridized carbons (Fsp3) is 0. The number of benzene rings is 10. The maximum Gasteiger partial charge on any atom is 0.258 e. The molecule has 12 heterocycles. The molecule has 354 valence electrons. The summed E-state index contributed by atoms with van der Waals surface area (Å²) in [5, 5.41) is 5.22. The summed E-state index contributed by atoms with van der Waals surface area (Å²) in [6, 6.07) is 83.0. The lowest BCUT2D eigenvalue weighted by Gasteiger charge is -2.33. The largest absolute Gasteiger partial charge is 0.295 e. The zero-order chi connectivity index (χ0) is 49.7. The molecule has 10 heteroatoms. The second-order valence-electron chi connectivity index (χ2n) is 22.4. The minimum absolute atomic E-state index is 0.0317. The molecule has 0 saturated carbocycles. The van der Waals surface area contributed by atoms with Crippen molar-refractivity contribution < 1.29 is 0 Å². The minimum atomic E-state index is -0.0317. The van der Waals surface area contributed by atoms with Crippen LogP contribution in [-0.2, 0) is 0 Å². The number of nitrogens with zero attached hydrogens (tertiary/aromatic N) is 8. The van der Waals surface area contributed by atoms with Crippen molar-refractivity contribution >= 4 is 157 Å². The monoisotopic (exact) mass is 986 g/mol. The van der Waals surface area contributed by atoms with E-state index in [1.165, 1.54) is 177 Å². The number of hydrogen-bond acceptors (Lipinski definition) is 0. The molecule has 0 aliphatic carbocycles. The van der Waals surface area contributed by atoms with Crippen LogP contribution in [0, 0.1) is 0 Å². The van der Waals surface area contributed by atoms with Gasteiger partial charge in [-0.25, -0.2) is 0 Å². The van der Waals surface area contributed by atoms with Gasteiger partial charge >= 0.3 is 0 Å². The summed E-state index contributed by atoms with van der Waals surface area (Å²) < 4.78 is 20.7. The summed E-state index contributed by atoms with van der Waals surface area (Å²) in [6.07, 6.45) is 0. The van der Waals surface area contributed by atoms with Gasteiger partial charge in [0.05, 0.1) is 66.2 Å². The molecule has 0 amide bonds. The van der Waals surface area contributed by atoms with E-state index in [4.69, 9.17) is 0 Å². The van der Waals surface area contributed by atoms with Crippen LogP contribution in [0.4, 0.5) is 0 Å². The van der Waals surface area contributed by atoms with Crippen molar-refractivity contribution in [2.24, 2.45) is 0 Å². The van der Waals surface area contributed by atoms with E-state index in [-0.39, 0.29) is 13.4 Å². The van der Waals surface area contributed by atoms with E-state index in [9.17, 15) is 0 Å². The van der Waals surface area contributed by atoms with Gasteiger partial charge in [-0.3, -0.25) is 35.9 Å². The third kappa shape index (κ3) is 3.89. The lowest BCUT2D eigenvalue weighted by Crippen LogP contribution is -2.59. The van der Waals surface area contributed by atoms with E-state index in [1.807, 2.05) is 0 Å². The first-order chi connectivity index (χ1) is 38.8. The van der Waals surface area contributed by atoms with Crippen molar-refractivity contribution in [3.63, 3.8) is 0 Å². The number of aromatic nitrogens is 8. The Morgan fingerprint density at radius 3 is 0.654 bits per heavy atom. The van der Waals surface area contributed by atoms with Crippen LogP contribution in [0.1, 0.15) is 0 Å². The molecule has 8 aromatic heterocycles. The standard InChI is InChI=1S/C68H36B2N8/c1-5-21-43-39(17-1)59-65-71(43)47-25-9-13-29-51(47)75(65)55-33-37(34-56-63(55)69(59)60-40-18-2-6-22-44(40)72-48-26-10-14-30-52(48)76(56)66(60)72)38-35-57-64-58(36-38)78-54-32-16-12-28-50(54)74-46-24-8-4-20-42(46)62(68(74)78)70(64)61-41-19-3-7-23-45(41)73-49-27-11-15-31-53(49)77(57)67(61)73/h1-36H. The Balaban J connectivity index is 0.957. The van der Waals surface area contributed by atoms with Gasteiger partial charge in [0.1, 0.15) is 22.6 Å². The van der Waals surface area contributed by atoms with Gasteiger partial charge in [0, 0.05) is 22.7 Å². The molecule has 4 aliphatic heterocycles. The topological polar surface area (TPSA) is 37.4 Å². The molecule has 4 aliphatic rings. The maximum atomic E-state index is 2.62. The number of rotatable bonds is 1. The molecule has 0 saturated heterocycles. The smallest absolute Gasteiger partial charge is 0.258 e. The average Bonchev–Trinajstić information content (AvgIpc) is 3.03. The first kappa shape index (κ1) is 38.3. The molecule has 0 atom stereocenters. The summed E-state index contributed by atoms with van der Waals surface area (Å²) in [5.41, 5.74) is 35.1. The Morgan fingerprint density at radius 2 is 0.410 bits per heavy atom. The zero-order valence-corrected chi connectivity index (χ0v) is 41.5. The number of hydrogen-bond donors (Lipinski definition) is 0. The first-order valence-electron chi connectivity index (χ1n) is 27.3. The Kier molecular flexibility index (Phi) is 6.14. The van der Waals surface area contributed by atoms with Crippen molar-refractivity contribution in [2.45, 2.75) is 0 Å². The molecule has 0 spiro atoms. The van der Waals surface area contributed by atoms with Crippen molar-refractivity contribution in [3.8, 4) is 33.9 Å². The fourth-order valence-electron chi connectivity index (χ4n) is 16.6. The second-order valence-corrected chi connectivity index (χ2v) is 22.4. The highest BCUT2D eigenvalue weighted by Gasteiger charge is 2.48. The van der Waals surface area contributed by atoms with E-state index < -0.39 is 0 Å². The first-order valence-corrected chi connectivity index (χ1v) is 27.3. The van der Waals surface area contributed by atoms with Gasteiger partial charge in [-0.15, -0.1) is 0 Å². The molecule has 0 bridgehead atoms. The highest BCUT2D eigenvalue weighted by atomic mass is 15.2. The summed E-state index contributed by atoms with van der Waals surface area (Å²) in [6.45, 7) is -0.0633. The Labute approximate surface area is 442 Å².